The molecule has 0 aliphatic rings. The molecule has 0 bridgehead atoms. The maximum Gasteiger partial charge on any atom is 0.258 e. The molecule has 6 heteroatoms. The van der Waals surface area contributed by atoms with E-state index in [9.17, 15) is 9.59 Å². The summed E-state index contributed by atoms with van der Waals surface area (Å²) in [5, 5.41) is 6.38. The molecule has 0 saturated carbocycles. The molecule has 1 aromatic heterocycles. The molecule has 0 aliphatic heterocycles. The monoisotopic (exact) mass is 371 g/mol. The minimum Gasteiger partial charge on any atom is -0.351 e. The van der Waals surface area contributed by atoms with E-state index in [0.717, 1.165) is 16.9 Å². The Morgan fingerprint density at radius 1 is 1.12 bits per heavy atom. The number of carbonyl (C=O) groups excluding carboxylic acids is 2. The van der Waals surface area contributed by atoms with Crippen molar-refractivity contribution in [1.82, 2.24) is 10.3 Å². The summed E-state index contributed by atoms with van der Waals surface area (Å²) < 4.78 is 0. The van der Waals surface area contributed by atoms with E-state index in [1.807, 2.05) is 71.0 Å². The molecule has 1 aromatic carbocycles. The summed E-state index contributed by atoms with van der Waals surface area (Å²) in [6.45, 7) is 9.56. The zero-order valence-electron chi connectivity index (χ0n) is 15.8. The predicted molar refractivity (Wildman–Crippen MR) is 107 cm³/mol. The summed E-state index contributed by atoms with van der Waals surface area (Å²) in [6, 6.07) is 11.2. The smallest absolute Gasteiger partial charge is 0.258 e. The van der Waals surface area contributed by atoms with Gasteiger partial charge in [-0.3, -0.25) is 9.59 Å². The Labute approximate surface area is 159 Å². The largest absolute Gasteiger partial charge is 0.351 e. The highest BCUT2D eigenvalue weighted by molar-refractivity contribution is 8.00. The quantitative estimate of drug-likeness (QED) is 0.781. The first kappa shape index (κ1) is 20.0. The van der Waals surface area contributed by atoms with Crippen LogP contribution in [0, 0.1) is 13.8 Å². The number of nitrogens with zero attached hydrogens (tertiary/aromatic N) is 1. The van der Waals surface area contributed by atoms with Crippen LogP contribution in [0.2, 0.25) is 0 Å². The number of anilines is 1. The molecule has 2 rings (SSSR count). The molecule has 2 amide bonds. The van der Waals surface area contributed by atoms with Gasteiger partial charge in [0.2, 0.25) is 5.91 Å². The van der Waals surface area contributed by atoms with Gasteiger partial charge >= 0.3 is 0 Å². The van der Waals surface area contributed by atoms with Crippen LogP contribution in [0.1, 0.15) is 42.4 Å². The summed E-state index contributed by atoms with van der Waals surface area (Å²) >= 11 is 1.28. The molecule has 2 N–H and O–H groups in total. The van der Waals surface area contributed by atoms with Crippen molar-refractivity contribution in [3.63, 3.8) is 0 Å². The molecule has 0 aliphatic carbocycles. The molecular weight excluding hydrogens is 346 g/mol. The van der Waals surface area contributed by atoms with Crippen LogP contribution in [0.4, 0.5) is 5.69 Å². The number of aromatic nitrogens is 1. The molecular formula is C20H25N3O2S. The van der Waals surface area contributed by atoms with Crippen molar-refractivity contribution in [3.05, 3.63) is 53.2 Å². The van der Waals surface area contributed by atoms with Crippen LogP contribution in [0.5, 0.6) is 0 Å². The van der Waals surface area contributed by atoms with Crippen molar-refractivity contribution in [1.29, 1.82) is 0 Å². The molecule has 0 saturated heterocycles. The molecule has 0 unspecified atom stereocenters. The number of para-hydroxylation sites is 1. The van der Waals surface area contributed by atoms with E-state index in [1.54, 1.807) is 0 Å². The first-order valence-electron chi connectivity index (χ1n) is 8.44. The van der Waals surface area contributed by atoms with Gasteiger partial charge in [0, 0.05) is 16.9 Å². The van der Waals surface area contributed by atoms with Crippen LogP contribution in [-0.4, -0.2) is 28.1 Å². The zero-order valence-corrected chi connectivity index (χ0v) is 16.7. The molecule has 0 atom stereocenters. The summed E-state index contributed by atoms with van der Waals surface area (Å²) in [4.78, 5) is 29.4. The Bertz CT molecular complexity index is 799. The van der Waals surface area contributed by atoms with Crippen LogP contribution >= 0.6 is 11.8 Å². The Hall–Kier alpha value is -2.34. The lowest BCUT2D eigenvalue weighted by Crippen LogP contribution is -2.41. The fourth-order valence-corrected chi connectivity index (χ4v) is 3.43. The maximum atomic E-state index is 12.8. The second-order valence-corrected chi connectivity index (χ2v) is 8.13. The van der Waals surface area contributed by atoms with Crippen molar-refractivity contribution in [3.8, 4) is 0 Å². The van der Waals surface area contributed by atoms with E-state index >= 15 is 0 Å². The van der Waals surface area contributed by atoms with Gasteiger partial charge in [-0.15, -0.1) is 0 Å². The Kier molecular flexibility index (Phi) is 6.42. The zero-order chi connectivity index (χ0) is 19.3. The third-order valence-corrected chi connectivity index (χ3v) is 4.40. The van der Waals surface area contributed by atoms with Crippen molar-refractivity contribution in [2.45, 2.75) is 45.2 Å². The Balaban J connectivity index is 2.20. The SMILES string of the molecule is Cc1cc(C)c(C(=O)Nc2ccccc2)c(SCC(=O)NC(C)(C)C)n1. The average molecular weight is 372 g/mol. The second-order valence-electron chi connectivity index (χ2n) is 7.17. The first-order chi connectivity index (χ1) is 12.2. The van der Waals surface area contributed by atoms with Gasteiger partial charge in [-0.25, -0.2) is 4.98 Å². The number of carbonyl (C=O) groups is 2. The second kappa shape index (κ2) is 8.36. The number of nitrogens with one attached hydrogen (secondary N) is 2. The molecule has 0 spiro atoms. The average Bonchev–Trinajstić information content (AvgIpc) is 2.51. The Morgan fingerprint density at radius 2 is 1.77 bits per heavy atom. The van der Waals surface area contributed by atoms with Gasteiger partial charge in [0.05, 0.1) is 11.3 Å². The predicted octanol–water partition coefficient (Wildman–Crippen LogP) is 3.96. The van der Waals surface area contributed by atoms with Crippen LogP contribution < -0.4 is 10.6 Å². The number of hydrogen-bond acceptors (Lipinski definition) is 4. The van der Waals surface area contributed by atoms with Gasteiger partial charge in [-0.05, 0) is 58.4 Å². The van der Waals surface area contributed by atoms with Crippen LogP contribution in [0.3, 0.4) is 0 Å². The highest BCUT2D eigenvalue weighted by Gasteiger charge is 2.20. The standard InChI is InChI=1S/C20H25N3O2S/c1-13-11-14(2)21-19(26-12-16(24)23-20(3,4)5)17(13)18(25)22-15-9-7-6-8-10-15/h6-11H,12H2,1-5H3,(H,22,25)(H,23,24). The van der Waals surface area contributed by atoms with Crippen molar-refractivity contribution in [2.75, 3.05) is 11.1 Å². The number of thioether (sulfide) groups is 1. The van der Waals surface area contributed by atoms with E-state index in [0.29, 0.717) is 10.6 Å². The number of benzene rings is 1. The van der Waals surface area contributed by atoms with E-state index < -0.39 is 0 Å². The summed E-state index contributed by atoms with van der Waals surface area (Å²) in [6.07, 6.45) is 0. The minimum atomic E-state index is -0.291. The summed E-state index contributed by atoms with van der Waals surface area (Å²) in [5.74, 6) is -0.100. The molecule has 1 heterocycles. The molecule has 26 heavy (non-hydrogen) atoms. The number of hydrogen-bond donors (Lipinski definition) is 2. The maximum absolute atomic E-state index is 12.8. The fourth-order valence-electron chi connectivity index (χ4n) is 2.49. The summed E-state index contributed by atoms with van der Waals surface area (Å²) in [7, 11) is 0. The number of rotatable bonds is 5. The normalized spacial score (nSPS) is 11.1. The first-order valence-corrected chi connectivity index (χ1v) is 9.43. The lowest BCUT2D eigenvalue weighted by Gasteiger charge is -2.20. The van der Waals surface area contributed by atoms with Crippen molar-refractivity contribution < 1.29 is 9.59 Å². The number of pyridine rings is 1. The number of amides is 2. The molecule has 5 nitrogen and oxygen atoms in total. The highest BCUT2D eigenvalue weighted by atomic mass is 32.2. The van der Waals surface area contributed by atoms with Gasteiger partial charge in [0.1, 0.15) is 5.03 Å². The molecule has 138 valence electrons. The topological polar surface area (TPSA) is 71.1 Å². The third kappa shape index (κ3) is 5.88. The summed E-state index contributed by atoms with van der Waals surface area (Å²) in [5.41, 5.74) is 2.59. The van der Waals surface area contributed by atoms with Gasteiger partial charge in [0.15, 0.2) is 0 Å². The Morgan fingerprint density at radius 3 is 2.38 bits per heavy atom. The van der Waals surface area contributed by atoms with Crippen LogP contribution in [0.15, 0.2) is 41.4 Å². The van der Waals surface area contributed by atoms with Gasteiger partial charge in [0.25, 0.3) is 5.91 Å². The van der Waals surface area contributed by atoms with E-state index in [4.69, 9.17) is 0 Å². The molecule has 0 radical (unpaired) electrons. The minimum absolute atomic E-state index is 0.0853. The van der Waals surface area contributed by atoms with Crippen LogP contribution in [-0.2, 0) is 4.79 Å². The van der Waals surface area contributed by atoms with E-state index in [2.05, 4.69) is 15.6 Å². The van der Waals surface area contributed by atoms with Crippen molar-refractivity contribution >= 4 is 29.3 Å². The number of aryl methyl sites for hydroxylation is 2. The van der Waals surface area contributed by atoms with Gasteiger partial charge < -0.3 is 10.6 Å². The van der Waals surface area contributed by atoms with Gasteiger partial charge in [-0.2, -0.15) is 0 Å². The molecule has 2 aromatic rings. The van der Waals surface area contributed by atoms with Gasteiger partial charge in [-0.1, -0.05) is 30.0 Å². The van der Waals surface area contributed by atoms with E-state index in [1.165, 1.54) is 11.8 Å². The van der Waals surface area contributed by atoms with E-state index in [-0.39, 0.29) is 23.1 Å². The molecule has 0 fully saturated rings. The lowest BCUT2D eigenvalue weighted by atomic mass is 10.1. The third-order valence-electron chi connectivity index (χ3n) is 3.42. The highest BCUT2D eigenvalue weighted by Crippen LogP contribution is 2.25. The fraction of sp³-hybridized carbons (Fsp3) is 0.350. The lowest BCUT2D eigenvalue weighted by molar-refractivity contribution is -0.119. The van der Waals surface area contributed by atoms with Crippen molar-refractivity contribution in [2.24, 2.45) is 0 Å². The van der Waals surface area contributed by atoms with Crippen LogP contribution in [0.25, 0.3) is 0 Å².